The van der Waals surface area contributed by atoms with Crippen molar-refractivity contribution in [3.63, 3.8) is 0 Å². The van der Waals surface area contributed by atoms with Crippen molar-refractivity contribution in [2.45, 2.75) is 32.1 Å². The monoisotopic (exact) mass is 311 g/mol. The van der Waals surface area contributed by atoms with E-state index in [1.54, 1.807) is 11.0 Å². The van der Waals surface area contributed by atoms with Crippen molar-refractivity contribution in [1.29, 1.82) is 0 Å². The smallest absolute Gasteiger partial charge is 0.224 e. The van der Waals surface area contributed by atoms with Gasteiger partial charge in [0.1, 0.15) is 6.33 Å². The zero-order chi connectivity index (χ0) is 15.6. The lowest BCUT2D eigenvalue weighted by Gasteiger charge is -2.21. The Morgan fingerprint density at radius 3 is 2.74 bits per heavy atom. The fourth-order valence-corrected chi connectivity index (χ4v) is 4.17. The van der Waals surface area contributed by atoms with E-state index in [1.165, 1.54) is 25.7 Å². The largest absolute Gasteiger partial charge is 0.356 e. The molecular formula is C17H21N5O. The molecule has 0 saturated heterocycles. The highest BCUT2D eigenvalue weighted by atomic mass is 16.1. The zero-order valence-corrected chi connectivity index (χ0v) is 13.1. The second-order valence-corrected chi connectivity index (χ2v) is 6.84. The lowest BCUT2D eigenvalue weighted by molar-refractivity contribution is -0.120. The second-order valence-electron chi connectivity index (χ2n) is 6.84. The van der Waals surface area contributed by atoms with Crippen LogP contribution in [0.2, 0.25) is 0 Å². The summed E-state index contributed by atoms with van der Waals surface area (Å²) >= 11 is 0. The average Bonchev–Trinajstić information content (AvgIpc) is 3.31. The van der Waals surface area contributed by atoms with E-state index in [0.717, 1.165) is 29.6 Å². The molecule has 1 heterocycles. The van der Waals surface area contributed by atoms with Crippen LogP contribution in [0.5, 0.6) is 0 Å². The summed E-state index contributed by atoms with van der Waals surface area (Å²) in [5.41, 5.74) is 1.90. The van der Waals surface area contributed by atoms with Crippen molar-refractivity contribution in [1.82, 2.24) is 25.5 Å². The molecule has 2 aliphatic rings. The van der Waals surface area contributed by atoms with Gasteiger partial charge in [-0.1, -0.05) is 18.6 Å². The number of hydrogen-bond donors (Lipinski definition) is 1. The number of aromatic nitrogens is 4. The fraction of sp³-hybridized carbons (Fsp3) is 0.529. The summed E-state index contributed by atoms with van der Waals surface area (Å²) in [6, 6.07) is 7.76. The molecular weight excluding hydrogens is 290 g/mol. The van der Waals surface area contributed by atoms with E-state index < -0.39 is 0 Å². The Morgan fingerprint density at radius 2 is 2.09 bits per heavy atom. The predicted octanol–water partition coefficient (Wildman–Crippen LogP) is 1.76. The summed E-state index contributed by atoms with van der Waals surface area (Å²) in [6.45, 7) is 0.850. The molecule has 23 heavy (non-hydrogen) atoms. The minimum absolute atomic E-state index is 0.114. The first kappa shape index (κ1) is 14.4. The third-order valence-corrected chi connectivity index (χ3v) is 5.36. The van der Waals surface area contributed by atoms with Crippen molar-refractivity contribution in [2.24, 2.45) is 17.8 Å². The van der Waals surface area contributed by atoms with E-state index >= 15 is 0 Å². The first-order valence-corrected chi connectivity index (χ1v) is 8.37. The highest BCUT2D eigenvalue weighted by molar-refractivity contribution is 5.78. The molecule has 3 unspecified atom stereocenters. The van der Waals surface area contributed by atoms with Gasteiger partial charge < -0.3 is 5.32 Å². The molecule has 6 heteroatoms. The number of amides is 1. The van der Waals surface area contributed by atoms with Crippen LogP contribution in [0.1, 0.15) is 31.2 Å². The van der Waals surface area contributed by atoms with Gasteiger partial charge >= 0.3 is 0 Å². The van der Waals surface area contributed by atoms with Gasteiger partial charge in [0.15, 0.2) is 0 Å². The molecule has 0 radical (unpaired) electrons. The number of rotatable bonds is 5. The molecule has 0 aliphatic heterocycles. The third kappa shape index (κ3) is 3.11. The van der Waals surface area contributed by atoms with Crippen molar-refractivity contribution in [3.8, 4) is 5.69 Å². The standard InChI is InChI=1S/C17H21N5O/c23-17(18-10-15-8-13-1-4-14(15)7-13)9-12-2-5-16(6-3-12)22-11-19-20-21-22/h2-3,5-6,11,13-15H,1,4,7-10H2,(H,18,23). The quantitative estimate of drug-likeness (QED) is 0.913. The minimum atomic E-state index is 0.114. The van der Waals surface area contributed by atoms with Gasteiger partial charge in [0.2, 0.25) is 5.91 Å². The van der Waals surface area contributed by atoms with E-state index in [-0.39, 0.29) is 5.91 Å². The van der Waals surface area contributed by atoms with E-state index in [2.05, 4.69) is 20.8 Å². The molecule has 2 saturated carbocycles. The molecule has 1 aromatic carbocycles. The lowest BCUT2D eigenvalue weighted by Crippen LogP contribution is -2.32. The maximum Gasteiger partial charge on any atom is 0.224 e. The molecule has 1 amide bonds. The average molecular weight is 311 g/mol. The van der Waals surface area contributed by atoms with Crippen LogP contribution in [-0.2, 0) is 11.2 Å². The molecule has 0 spiro atoms. The second kappa shape index (κ2) is 6.10. The number of hydrogen-bond acceptors (Lipinski definition) is 4. The maximum atomic E-state index is 12.1. The summed E-state index contributed by atoms with van der Waals surface area (Å²) in [6.07, 6.45) is 7.45. The molecule has 3 atom stereocenters. The number of carbonyl (C=O) groups excluding carboxylic acids is 1. The Kier molecular flexibility index (Phi) is 3.81. The molecule has 2 aromatic rings. The number of nitrogens with zero attached hydrogens (tertiary/aromatic N) is 4. The first-order chi connectivity index (χ1) is 11.3. The van der Waals surface area contributed by atoms with Crippen molar-refractivity contribution < 1.29 is 4.79 Å². The lowest BCUT2D eigenvalue weighted by atomic mass is 9.89. The van der Waals surface area contributed by atoms with Gasteiger partial charge in [-0.15, -0.1) is 5.10 Å². The van der Waals surface area contributed by atoms with Crippen molar-refractivity contribution >= 4 is 5.91 Å². The minimum Gasteiger partial charge on any atom is -0.356 e. The molecule has 1 aromatic heterocycles. The maximum absolute atomic E-state index is 12.1. The van der Waals surface area contributed by atoms with E-state index in [0.29, 0.717) is 12.3 Å². The Hall–Kier alpha value is -2.24. The molecule has 4 rings (SSSR count). The van der Waals surface area contributed by atoms with Crippen LogP contribution >= 0.6 is 0 Å². The van der Waals surface area contributed by atoms with Crippen molar-refractivity contribution in [3.05, 3.63) is 36.2 Å². The number of benzene rings is 1. The van der Waals surface area contributed by atoms with Crippen LogP contribution in [0.15, 0.2) is 30.6 Å². The predicted molar refractivity (Wildman–Crippen MR) is 84.8 cm³/mol. The Morgan fingerprint density at radius 1 is 1.22 bits per heavy atom. The topological polar surface area (TPSA) is 72.7 Å². The summed E-state index contributed by atoms with van der Waals surface area (Å²) in [7, 11) is 0. The molecule has 2 fully saturated rings. The molecule has 2 aliphatic carbocycles. The van der Waals surface area contributed by atoms with Crippen LogP contribution < -0.4 is 5.32 Å². The third-order valence-electron chi connectivity index (χ3n) is 5.36. The normalized spacial score (nSPS) is 25.7. The van der Waals surface area contributed by atoms with Gasteiger partial charge in [0.05, 0.1) is 12.1 Å². The zero-order valence-electron chi connectivity index (χ0n) is 13.1. The van der Waals surface area contributed by atoms with Crippen LogP contribution in [0.3, 0.4) is 0 Å². The Labute approximate surface area is 135 Å². The van der Waals surface area contributed by atoms with E-state index in [9.17, 15) is 4.79 Å². The van der Waals surface area contributed by atoms with Crippen LogP contribution in [0.4, 0.5) is 0 Å². The Balaban J connectivity index is 1.28. The van der Waals surface area contributed by atoms with Crippen LogP contribution in [0.25, 0.3) is 5.69 Å². The van der Waals surface area contributed by atoms with Gasteiger partial charge in [-0.05, 0) is 65.1 Å². The number of nitrogens with one attached hydrogen (secondary N) is 1. The number of tetrazole rings is 1. The summed E-state index contributed by atoms with van der Waals surface area (Å²) in [5.74, 6) is 2.61. The SMILES string of the molecule is O=C(Cc1ccc(-n2cnnn2)cc1)NCC1CC2CCC1C2. The summed E-state index contributed by atoms with van der Waals surface area (Å²) in [5, 5.41) is 14.2. The Bertz CT molecular complexity index is 667. The van der Waals surface area contributed by atoms with Crippen LogP contribution in [0, 0.1) is 17.8 Å². The first-order valence-electron chi connectivity index (χ1n) is 8.37. The molecule has 120 valence electrons. The number of carbonyl (C=O) groups is 1. The van der Waals surface area contributed by atoms with Gasteiger partial charge in [0, 0.05) is 6.54 Å². The fourth-order valence-electron chi connectivity index (χ4n) is 4.17. The van der Waals surface area contributed by atoms with E-state index in [1.807, 2.05) is 24.3 Å². The highest BCUT2D eigenvalue weighted by Gasteiger charge is 2.39. The molecule has 2 bridgehead atoms. The summed E-state index contributed by atoms with van der Waals surface area (Å²) in [4.78, 5) is 12.1. The van der Waals surface area contributed by atoms with Crippen molar-refractivity contribution in [2.75, 3.05) is 6.54 Å². The van der Waals surface area contributed by atoms with E-state index in [4.69, 9.17) is 0 Å². The van der Waals surface area contributed by atoms with Gasteiger partial charge in [-0.2, -0.15) is 0 Å². The van der Waals surface area contributed by atoms with Gasteiger partial charge in [-0.25, -0.2) is 4.68 Å². The summed E-state index contributed by atoms with van der Waals surface area (Å²) < 4.78 is 1.60. The van der Waals surface area contributed by atoms with Gasteiger partial charge in [0.25, 0.3) is 0 Å². The number of fused-ring (bicyclic) bond motifs is 2. The highest BCUT2D eigenvalue weighted by Crippen LogP contribution is 2.47. The molecule has 6 nitrogen and oxygen atoms in total. The molecule has 1 N–H and O–H groups in total. The van der Waals surface area contributed by atoms with Crippen LogP contribution in [-0.4, -0.2) is 32.7 Å². The van der Waals surface area contributed by atoms with Gasteiger partial charge in [-0.3, -0.25) is 4.79 Å².